The standard InChI is InChI=1S/C20H25N3O2/c1-16-4-7-18(8-5-16)22-10-12-23(13-11-22)21-15-17-6-9-19(24-2)14-20(17)25-3/h4-9,14-15H,10-13H2,1-3H3. The molecule has 2 aromatic carbocycles. The van der Waals surface area contributed by atoms with Gasteiger partial charge >= 0.3 is 0 Å². The predicted octanol–water partition coefficient (Wildman–Crippen LogP) is 3.17. The topological polar surface area (TPSA) is 37.3 Å². The zero-order valence-corrected chi connectivity index (χ0v) is 15.1. The van der Waals surface area contributed by atoms with Crippen molar-refractivity contribution in [1.82, 2.24) is 5.01 Å². The first-order chi connectivity index (χ1) is 12.2. The second kappa shape index (κ2) is 7.92. The number of anilines is 1. The minimum atomic E-state index is 0.765. The van der Waals surface area contributed by atoms with Crippen LogP contribution in [0, 0.1) is 6.92 Å². The highest BCUT2D eigenvalue weighted by atomic mass is 16.5. The minimum absolute atomic E-state index is 0.765. The third kappa shape index (κ3) is 4.24. The molecule has 0 aromatic heterocycles. The summed E-state index contributed by atoms with van der Waals surface area (Å²) in [5.41, 5.74) is 3.52. The van der Waals surface area contributed by atoms with Gasteiger partial charge in [-0.15, -0.1) is 0 Å². The van der Waals surface area contributed by atoms with Crippen LogP contribution in [0.2, 0.25) is 0 Å². The molecule has 132 valence electrons. The van der Waals surface area contributed by atoms with Crippen molar-refractivity contribution < 1.29 is 9.47 Å². The Hall–Kier alpha value is -2.69. The number of hydrogen-bond acceptors (Lipinski definition) is 5. The monoisotopic (exact) mass is 339 g/mol. The van der Waals surface area contributed by atoms with E-state index in [-0.39, 0.29) is 0 Å². The lowest BCUT2D eigenvalue weighted by molar-refractivity contribution is 0.272. The summed E-state index contributed by atoms with van der Waals surface area (Å²) in [5.74, 6) is 1.54. The fourth-order valence-corrected chi connectivity index (χ4v) is 2.89. The summed E-state index contributed by atoms with van der Waals surface area (Å²) in [7, 11) is 3.31. The van der Waals surface area contributed by atoms with Gasteiger partial charge in [-0.2, -0.15) is 5.10 Å². The molecule has 5 heteroatoms. The van der Waals surface area contributed by atoms with Gasteiger partial charge in [0.2, 0.25) is 0 Å². The molecule has 1 fully saturated rings. The first kappa shape index (κ1) is 17.1. The van der Waals surface area contributed by atoms with Crippen LogP contribution in [0.1, 0.15) is 11.1 Å². The number of methoxy groups -OCH3 is 2. The number of rotatable bonds is 5. The van der Waals surface area contributed by atoms with E-state index in [0.717, 1.165) is 43.2 Å². The Morgan fingerprint density at radius 2 is 1.64 bits per heavy atom. The molecule has 1 saturated heterocycles. The van der Waals surface area contributed by atoms with Gasteiger partial charge in [0.1, 0.15) is 11.5 Å². The third-order valence-corrected chi connectivity index (χ3v) is 4.46. The largest absolute Gasteiger partial charge is 0.497 e. The van der Waals surface area contributed by atoms with Gasteiger partial charge in [-0.1, -0.05) is 17.7 Å². The molecule has 0 aliphatic carbocycles. The van der Waals surface area contributed by atoms with Crippen LogP contribution in [0.3, 0.4) is 0 Å². The van der Waals surface area contributed by atoms with Crippen molar-refractivity contribution in [3.8, 4) is 11.5 Å². The molecule has 0 amide bonds. The quantitative estimate of drug-likeness (QED) is 0.784. The summed E-state index contributed by atoms with van der Waals surface area (Å²) < 4.78 is 10.6. The average Bonchev–Trinajstić information content (AvgIpc) is 2.67. The SMILES string of the molecule is COc1ccc(C=NN2CCN(c3ccc(C)cc3)CC2)c(OC)c1. The van der Waals surface area contributed by atoms with Crippen molar-refractivity contribution >= 4 is 11.9 Å². The van der Waals surface area contributed by atoms with Gasteiger partial charge in [-0.25, -0.2) is 0 Å². The molecule has 0 atom stereocenters. The minimum Gasteiger partial charge on any atom is -0.497 e. The highest BCUT2D eigenvalue weighted by molar-refractivity contribution is 5.83. The number of piperazine rings is 1. The Balaban J connectivity index is 1.60. The van der Waals surface area contributed by atoms with Gasteiger partial charge in [0.15, 0.2) is 0 Å². The van der Waals surface area contributed by atoms with Gasteiger partial charge in [0, 0.05) is 30.4 Å². The Labute approximate surface area is 149 Å². The molecule has 0 radical (unpaired) electrons. The van der Waals surface area contributed by atoms with E-state index in [9.17, 15) is 0 Å². The van der Waals surface area contributed by atoms with Crippen LogP contribution in [0.15, 0.2) is 47.6 Å². The van der Waals surface area contributed by atoms with Crippen LogP contribution < -0.4 is 14.4 Å². The summed E-state index contributed by atoms with van der Waals surface area (Å²) >= 11 is 0. The number of hydrazone groups is 1. The number of aryl methyl sites for hydroxylation is 1. The molecular formula is C20H25N3O2. The van der Waals surface area contributed by atoms with Gasteiger partial charge in [0.25, 0.3) is 0 Å². The number of ether oxygens (including phenoxy) is 2. The lowest BCUT2D eigenvalue weighted by Crippen LogP contribution is -2.44. The first-order valence-electron chi connectivity index (χ1n) is 8.52. The lowest BCUT2D eigenvalue weighted by Gasteiger charge is -2.34. The molecule has 0 unspecified atom stereocenters. The maximum absolute atomic E-state index is 5.41. The average molecular weight is 339 g/mol. The van der Waals surface area contributed by atoms with E-state index in [1.54, 1.807) is 14.2 Å². The first-order valence-corrected chi connectivity index (χ1v) is 8.52. The fraction of sp³-hybridized carbons (Fsp3) is 0.350. The van der Waals surface area contributed by atoms with Crippen molar-refractivity contribution in [2.45, 2.75) is 6.92 Å². The Bertz CT molecular complexity index is 720. The Morgan fingerprint density at radius 1 is 0.920 bits per heavy atom. The molecule has 1 heterocycles. The summed E-state index contributed by atoms with van der Waals surface area (Å²) in [6, 6.07) is 14.5. The molecule has 0 spiro atoms. The second-order valence-corrected chi connectivity index (χ2v) is 6.13. The molecular weight excluding hydrogens is 314 g/mol. The molecule has 2 aromatic rings. The second-order valence-electron chi connectivity index (χ2n) is 6.13. The van der Waals surface area contributed by atoms with Gasteiger partial charge < -0.3 is 14.4 Å². The summed E-state index contributed by atoms with van der Waals surface area (Å²) in [6.45, 7) is 5.87. The highest BCUT2D eigenvalue weighted by Gasteiger charge is 2.15. The van der Waals surface area contributed by atoms with E-state index < -0.39 is 0 Å². The number of hydrogen-bond donors (Lipinski definition) is 0. The van der Waals surface area contributed by atoms with E-state index in [2.05, 4.69) is 46.2 Å². The molecule has 1 aliphatic heterocycles. The van der Waals surface area contributed by atoms with E-state index in [1.807, 2.05) is 24.4 Å². The maximum Gasteiger partial charge on any atom is 0.131 e. The summed E-state index contributed by atoms with van der Waals surface area (Å²) in [4.78, 5) is 2.40. The van der Waals surface area contributed by atoms with Crippen molar-refractivity contribution in [2.24, 2.45) is 5.10 Å². The van der Waals surface area contributed by atoms with Gasteiger partial charge in [-0.05, 0) is 31.2 Å². The van der Waals surface area contributed by atoms with Crippen molar-refractivity contribution in [3.05, 3.63) is 53.6 Å². The van der Waals surface area contributed by atoms with Crippen LogP contribution >= 0.6 is 0 Å². The molecule has 25 heavy (non-hydrogen) atoms. The third-order valence-electron chi connectivity index (χ3n) is 4.46. The smallest absolute Gasteiger partial charge is 0.131 e. The maximum atomic E-state index is 5.41. The molecule has 5 nitrogen and oxygen atoms in total. The van der Waals surface area contributed by atoms with E-state index >= 15 is 0 Å². The summed E-state index contributed by atoms with van der Waals surface area (Å²) in [5, 5.41) is 6.73. The van der Waals surface area contributed by atoms with Crippen molar-refractivity contribution in [3.63, 3.8) is 0 Å². The molecule has 3 rings (SSSR count). The Morgan fingerprint density at radius 3 is 2.28 bits per heavy atom. The molecule has 0 bridgehead atoms. The van der Waals surface area contributed by atoms with Crippen LogP contribution in [-0.2, 0) is 0 Å². The van der Waals surface area contributed by atoms with Crippen LogP contribution in [0.4, 0.5) is 5.69 Å². The zero-order chi connectivity index (χ0) is 17.6. The highest BCUT2D eigenvalue weighted by Crippen LogP contribution is 2.23. The number of nitrogens with zero attached hydrogens (tertiary/aromatic N) is 3. The molecule has 1 aliphatic rings. The van der Waals surface area contributed by atoms with Crippen LogP contribution in [-0.4, -0.2) is 51.6 Å². The lowest BCUT2D eigenvalue weighted by atomic mass is 10.2. The van der Waals surface area contributed by atoms with Crippen molar-refractivity contribution in [1.29, 1.82) is 0 Å². The van der Waals surface area contributed by atoms with Gasteiger partial charge in [-0.3, -0.25) is 5.01 Å². The van der Waals surface area contributed by atoms with Crippen molar-refractivity contribution in [2.75, 3.05) is 45.3 Å². The van der Waals surface area contributed by atoms with Crippen LogP contribution in [0.25, 0.3) is 0 Å². The fourth-order valence-electron chi connectivity index (χ4n) is 2.89. The van der Waals surface area contributed by atoms with Crippen LogP contribution in [0.5, 0.6) is 11.5 Å². The van der Waals surface area contributed by atoms with Gasteiger partial charge in [0.05, 0.1) is 33.5 Å². The van der Waals surface area contributed by atoms with E-state index in [4.69, 9.17) is 9.47 Å². The molecule has 0 saturated carbocycles. The molecule has 0 N–H and O–H groups in total. The van der Waals surface area contributed by atoms with E-state index in [0.29, 0.717) is 0 Å². The predicted molar refractivity (Wildman–Crippen MR) is 102 cm³/mol. The number of benzene rings is 2. The van der Waals surface area contributed by atoms with E-state index in [1.165, 1.54) is 11.3 Å². The Kier molecular flexibility index (Phi) is 5.43. The normalized spacial score (nSPS) is 14.8. The summed E-state index contributed by atoms with van der Waals surface area (Å²) in [6.07, 6.45) is 1.86. The zero-order valence-electron chi connectivity index (χ0n) is 15.1.